The average Bonchev–Trinajstić information content (AvgIpc) is 2.90. The third-order valence-corrected chi connectivity index (χ3v) is 4.24. The number of nitrogens with two attached hydrogens (primary N) is 1. The predicted octanol–water partition coefficient (Wildman–Crippen LogP) is 2.03. The van der Waals surface area contributed by atoms with Crippen molar-refractivity contribution in [3.8, 4) is 5.95 Å². The summed E-state index contributed by atoms with van der Waals surface area (Å²) in [6, 6.07) is 1.83. The number of aromatic nitrogens is 4. The first kappa shape index (κ1) is 17.9. The van der Waals surface area contributed by atoms with Gasteiger partial charge in [-0.25, -0.2) is 9.67 Å². The van der Waals surface area contributed by atoms with Crippen molar-refractivity contribution in [2.45, 2.75) is 59.3 Å². The van der Waals surface area contributed by atoms with Crippen LogP contribution in [0.3, 0.4) is 0 Å². The summed E-state index contributed by atoms with van der Waals surface area (Å²) in [6.45, 7) is 7.44. The van der Waals surface area contributed by atoms with Crippen molar-refractivity contribution < 1.29 is 4.79 Å². The fourth-order valence-electron chi connectivity index (χ4n) is 2.70. The summed E-state index contributed by atoms with van der Waals surface area (Å²) in [4.78, 5) is 31.1. The Kier molecular flexibility index (Phi) is 5.54. The molecule has 3 N–H and O–H groups in total. The SMILES string of the molecule is CCCCCC(C(N)=O)c1cc(C)nn1-c1nc(C)c(C)c(=O)[nH]1. The van der Waals surface area contributed by atoms with Crippen LogP contribution in [0.4, 0.5) is 0 Å². The van der Waals surface area contributed by atoms with Crippen LogP contribution >= 0.6 is 0 Å². The number of carbonyl (C=O) groups is 1. The molecule has 7 heteroatoms. The number of hydrogen-bond donors (Lipinski definition) is 2. The van der Waals surface area contributed by atoms with Crippen LogP contribution in [0.15, 0.2) is 10.9 Å². The Balaban J connectivity index is 2.49. The van der Waals surface area contributed by atoms with Crippen molar-refractivity contribution in [1.29, 1.82) is 0 Å². The maximum Gasteiger partial charge on any atom is 0.255 e. The number of aromatic amines is 1. The lowest BCUT2D eigenvalue weighted by atomic mass is 9.97. The van der Waals surface area contributed by atoms with Gasteiger partial charge in [0.15, 0.2) is 0 Å². The minimum Gasteiger partial charge on any atom is -0.369 e. The standard InChI is InChI=1S/C17H25N5O2/c1-5-6-7-8-13(15(18)23)14-9-10(2)21-22(14)17-19-12(4)11(3)16(24)20-17/h9,13H,5-8H2,1-4H3,(H2,18,23)(H,19,20,24). The molecule has 0 saturated heterocycles. The molecule has 1 amide bonds. The first-order valence-electron chi connectivity index (χ1n) is 8.29. The van der Waals surface area contributed by atoms with Gasteiger partial charge < -0.3 is 5.73 Å². The third-order valence-electron chi connectivity index (χ3n) is 4.24. The predicted molar refractivity (Wildman–Crippen MR) is 92.3 cm³/mol. The van der Waals surface area contributed by atoms with Gasteiger partial charge in [0.05, 0.1) is 17.3 Å². The van der Waals surface area contributed by atoms with Crippen LogP contribution in [0.2, 0.25) is 0 Å². The van der Waals surface area contributed by atoms with E-state index >= 15 is 0 Å². The highest BCUT2D eigenvalue weighted by Gasteiger charge is 2.24. The maximum absolute atomic E-state index is 12.0. The molecule has 1 atom stereocenters. The van der Waals surface area contributed by atoms with Gasteiger partial charge in [-0.05, 0) is 33.3 Å². The summed E-state index contributed by atoms with van der Waals surface area (Å²) in [6.07, 6.45) is 3.67. The Bertz CT molecular complexity index is 791. The number of unbranched alkanes of at least 4 members (excludes halogenated alkanes) is 2. The smallest absolute Gasteiger partial charge is 0.255 e. The Morgan fingerprint density at radius 3 is 2.62 bits per heavy atom. The van der Waals surface area contributed by atoms with Crippen molar-refractivity contribution in [2.75, 3.05) is 0 Å². The maximum atomic E-state index is 12.0. The Labute approximate surface area is 141 Å². The van der Waals surface area contributed by atoms with Crippen molar-refractivity contribution in [3.63, 3.8) is 0 Å². The highest BCUT2D eigenvalue weighted by molar-refractivity contribution is 5.81. The van der Waals surface area contributed by atoms with Crippen LogP contribution in [0, 0.1) is 20.8 Å². The minimum absolute atomic E-state index is 0.210. The van der Waals surface area contributed by atoms with Crippen molar-refractivity contribution in [1.82, 2.24) is 19.7 Å². The lowest BCUT2D eigenvalue weighted by molar-refractivity contribution is -0.119. The van der Waals surface area contributed by atoms with E-state index in [0.717, 1.165) is 25.0 Å². The molecule has 0 aliphatic rings. The third kappa shape index (κ3) is 3.72. The molecule has 1 unspecified atom stereocenters. The fraction of sp³-hybridized carbons (Fsp3) is 0.529. The molecule has 0 bridgehead atoms. The minimum atomic E-state index is -0.454. The summed E-state index contributed by atoms with van der Waals surface area (Å²) in [5, 5.41) is 4.40. The summed E-state index contributed by atoms with van der Waals surface area (Å²) < 4.78 is 1.53. The second-order valence-electron chi connectivity index (χ2n) is 6.17. The van der Waals surface area contributed by atoms with Crippen molar-refractivity contribution in [3.05, 3.63) is 39.1 Å². The van der Waals surface area contributed by atoms with E-state index in [1.54, 1.807) is 13.8 Å². The van der Waals surface area contributed by atoms with Gasteiger partial charge in [-0.15, -0.1) is 0 Å². The van der Waals surface area contributed by atoms with E-state index in [1.807, 2.05) is 13.0 Å². The molecule has 2 rings (SSSR count). The molecular weight excluding hydrogens is 306 g/mol. The van der Waals surface area contributed by atoms with E-state index < -0.39 is 11.8 Å². The molecule has 130 valence electrons. The topological polar surface area (TPSA) is 107 Å². The van der Waals surface area contributed by atoms with Gasteiger partial charge >= 0.3 is 0 Å². The number of nitrogens with zero attached hydrogens (tertiary/aromatic N) is 3. The van der Waals surface area contributed by atoms with Gasteiger partial charge in [-0.1, -0.05) is 26.2 Å². The monoisotopic (exact) mass is 331 g/mol. The van der Waals surface area contributed by atoms with Gasteiger partial charge in [0.2, 0.25) is 11.9 Å². The molecule has 2 aromatic heterocycles. The van der Waals surface area contributed by atoms with E-state index in [0.29, 0.717) is 29.3 Å². The zero-order valence-corrected chi connectivity index (χ0v) is 14.7. The van der Waals surface area contributed by atoms with Crippen LogP contribution in [0.5, 0.6) is 0 Å². The van der Waals surface area contributed by atoms with E-state index in [9.17, 15) is 9.59 Å². The van der Waals surface area contributed by atoms with Crippen LogP contribution in [0.1, 0.15) is 61.2 Å². The number of aryl methyl sites for hydroxylation is 2. The molecule has 0 aromatic carbocycles. The van der Waals surface area contributed by atoms with Gasteiger partial charge in [-0.3, -0.25) is 14.6 Å². The van der Waals surface area contributed by atoms with Gasteiger partial charge in [0.1, 0.15) is 0 Å². The molecule has 0 fully saturated rings. The van der Waals surface area contributed by atoms with Gasteiger partial charge in [0.25, 0.3) is 5.56 Å². The van der Waals surface area contributed by atoms with E-state index in [2.05, 4.69) is 22.0 Å². The number of carbonyl (C=O) groups excluding carboxylic acids is 1. The van der Waals surface area contributed by atoms with Crippen LogP contribution in [0.25, 0.3) is 5.95 Å². The summed E-state index contributed by atoms with van der Waals surface area (Å²) in [7, 11) is 0. The number of nitrogens with one attached hydrogen (secondary N) is 1. The molecule has 24 heavy (non-hydrogen) atoms. The number of hydrogen-bond acceptors (Lipinski definition) is 4. The Morgan fingerprint density at radius 2 is 2.04 bits per heavy atom. The molecule has 7 nitrogen and oxygen atoms in total. The Morgan fingerprint density at radius 1 is 1.33 bits per heavy atom. The zero-order chi connectivity index (χ0) is 17.9. The quantitative estimate of drug-likeness (QED) is 0.757. The zero-order valence-electron chi connectivity index (χ0n) is 14.7. The number of H-pyrrole nitrogens is 1. The molecule has 0 aliphatic heterocycles. The molecule has 0 saturated carbocycles. The number of rotatable bonds is 7. The largest absolute Gasteiger partial charge is 0.369 e. The Hall–Kier alpha value is -2.44. The van der Waals surface area contributed by atoms with Gasteiger partial charge in [-0.2, -0.15) is 5.10 Å². The normalized spacial score (nSPS) is 12.3. The van der Waals surface area contributed by atoms with E-state index in [-0.39, 0.29) is 5.56 Å². The summed E-state index contributed by atoms with van der Waals surface area (Å²) in [5.74, 6) is -0.531. The molecule has 0 radical (unpaired) electrons. The fourth-order valence-corrected chi connectivity index (χ4v) is 2.70. The number of primary amides is 1. The van der Waals surface area contributed by atoms with Gasteiger partial charge in [0, 0.05) is 11.3 Å². The summed E-state index contributed by atoms with van der Waals surface area (Å²) >= 11 is 0. The number of amides is 1. The lowest BCUT2D eigenvalue weighted by Crippen LogP contribution is -2.25. The first-order chi connectivity index (χ1) is 11.3. The first-order valence-corrected chi connectivity index (χ1v) is 8.29. The molecule has 0 aliphatic carbocycles. The van der Waals surface area contributed by atoms with Crippen molar-refractivity contribution >= 4 is 5.91 Å². The highest BCUT2D eigenvalue weighted by atomic mass is 16.1. The molecule has 2 heterocycles. The molecular formula is C17H25N5O2. The molecule has 2 aromatic rings. The average molecular weight is 331 g/mol. The van der Waals surface area contributed by atoms with Crippen LogP contribution < -0.4 is 11.3 Å². The van der Waals surface area contributed by atoms with E-state index in [1.165, 1.54) is 4.68 Å². The summed E-state index contributed by atoms with van der Waals surface area (Å²) in [5.41, 5.74) is 8.02. The second-order valence-corrected chi connectivity index (χ2v) is 6.17. The lowest BCUT2D eigenvalue weighted by Gasteiger charge is -2.15. The van der Waals surface area contributed by atoms with Crippen molar-refractivity contribution in [2.24, 2.45) is 5.73 Å². The van der Waals surface area contributed by atoms with Crippen LogP contribution in [-0.2, 0) is 4.79 Å². The molecule has 0 spiro atoms. The highest BCUT2D eigenvalue weighted by Crippen LogP contribution is 2.24. The second kappa shape index (κ2) is 7.42. The van der Waals surface area contributed by atoms with E-state index in [4.69, 9.17) is 5.73 Å². The van der Waals surface area contributed by atoms with Crippen LogP contribution in [-0.4, -0.2) is 25.7 Å².